The van der Waals surface area contributed by atoms with Crippen molar-refractivity contribution in [2.75, 3.05) is 58.4 Å². The number of carbonyl (C=O) groups is 1. The van der Waals surface area contributed by atoms with Crippen LogP contribution in [0.15, 0.2) is 47.4 Å². The molecule has 174 valence electrons. The fourth-order valence-electron chi connectivity index (χ4n) is 3.48. The average molecular weight is 482 g/mol. The fourth-order valence-corrected chi connectivity index (χ4v) is 4.92. The molecule has 3 rings (SSSR count). The lowest BCUT2D eigenvalue weighted by Gasteiger charge is -2.36. The standard InChI is InChI=1S/C22H28ClN3O5S/c1-4-31-21-10-9-19(15-20(21)23)32(28,29)24(2)16-22(27)26-13-11-25(12-14-26)17-5-7-18(30-3)8-6-17/h5-10,15H,4,11-14,16H2,1-3H3. The number of piperazine rings is 1. The number of hydrogen-bond acceptors (Lipinski definition) is 6. The molecule has 0 bridgehead atoms. The summed E-state index contributed by atoms with van der Waals surface area (Å²) in [5.74, 6) is 0.977. The van der Waals surface area contributed by atoms with Gasteiger partial charge in [0, 0.05) is 38.9 Å². The van der Waals surface area contributed by atoms with Gasteiger partial charge in [-0.15, -0.1) is 0 Å². The molecular formula is C22H28ClN3O5S. The lowest BCUT2D eigenvalue weighted by atomic mass is 10.2. The van der Waals surface area contributed by atoms with Gasteiger partial charge in [-0.2, -0.15) is 4.31 Å². The van der Waals surface area contributed by atoms with Crippen molar-refractivity contribution in [1.29, 1.82) is 0 Å². The quantitative estimate of drug-likeness (QED) is 0.576. The Balaban J connectivity index is 1.58. The van der Waals surface area contributed by atoms with E-state index >= 15 is 0 Å². The van der Waals surface area contributed by atoms with Gasteiger partial charge in [0.25, 0.3) is 0 Å². The molecule has 1 fully saturated rings. The van der Waals surface area contributed by atoms with Gasteiger partial charge in [-0.1, -0.05) is 11.6 Å². The lowest BCUT2D eigenvalue weighted by molar-refractivity contribution is -0.131. The van der Waals surface area contributed by atoms with E-state index in [1.807, 2.05) is 31.2 Å². The van der Waals surface area contributed by atoms with Crippen molar-refractivity contribution in [3.8, 4) is 11.5 Å². The maximum Gasteiger partial charge on any atom is 0.243 e. The van der Waals surface area contributed by atoms with Gasteiger partial charge in [-0.25, -0.2) is 8.42 Å². The van der Waals surface area contributed by atoms with E-state index in [0.29, 0.717) is 38.5 Å². The Kier molecular flexibility index (Phi) is 7.86. The number of hydrogen-bond donors (Lipinski definition) is 0. The molecule has 2 aromatic carbocycles. The largest absolute Gasteiger partial charge is 0.497 e. The molecule has 1 aliphatic rings. The summed E-state index contributed by atoms with van der Waals surface area (Å²) in [4.78, 5) is 16.7. The number of sulfonamides is 1. The van der Waals surface area contributed by atoms with E-state index < -0.39 is 10.0 Å². The van der Waals surface area contributed by atoms with E-state index in [-0.39, 0.29) is 22.4 Å². The van der Waals surface area contributed by atoms with Crippen molar-refractivity contribution in [3.63, 3.8) is 0 Å². The SMILES string of the molecule is CCOc1ccc(S(=O)(=O)N(C)CC(=O)N2CCN(c3ccc(OC)cc3)CC2)cc1Cl. The zero-order valence-electron chi connectivity index (χ0n) is 18.5. The van der Waals surface area contributed by atoms with Gasteiger partial charge in [-0.05, 0) is 49.4 Å². The van der Waals surface area contributed by atoms with Crippen molar-refractivity contribution in [2.45, 2.75) is 11.8 Å². The molecule has 2 aromatic rings. The Morgan fingerprint density at radius 1 is 1.09 bits per heavy atom. The van der Waals surface area contributed by atoms with Gasteiger partial charge in [-0.3, -0.25) is 4.79 Å². The van der Waals surface area contributed by atoms with Crippen LogP contribution in [-0.2, 0) is 14.8 Å². The molecule has 1 saturated heterocycles. The number of likely N-dealkylation sites (N-methyl/N-ethyl adjacent to an activating group) is 1. The summed E-state index contributed by atoms with van der Waals surface area (Å²) in [5.41, 5.74) is 1.06. The molecule has 8 nitrogen and oxygen atoms in total. The van der Waals surface area contributed by atoms with Gasteiger partial charge in [0.1, 0.15) is 11.5 Å². The first-order chi connectivity index (χ1) is 15.3. The molecule has 1 heterocycles. The van der Waals surface area contributed by atoms with E-state index in [9.17, 15) is 13.2 Å². The number of rotatable bonds is 8. The highest BCUT2D eigenvalue weighted by molar-refractivity contribution is 7.89. The molecule has 10 heteroatoms. The molecule has 32 heavy (non-hydrogen) atoms. The summed E-state index contributed by atoms with van der Waals surface area (Å²) in [7, 11) is -0.844. The number of methoxy groups -OCH3 is 1. The van der Waals surface area contributed by atoms with Crippen LogP contribution < -0.4 is 14.4 Å². The monoisotopic (exact) mass is 481 g/mol. The van der Waals surface area contributed by atoms with E-state index in [0.717, 1.165) is 15.7 Å². The number of carbonyl (C=O) groups excluding carboxylic acids is 1. The Morgan fingerprint density at radius 2 is 1.75 bits per heavy atom. The normalized spacial score (nSPS) is 14.5. The van der Waals surface area contributed by atoms with Gasteiger partial charge in [0.2, 0.25) is 15.9 Å². The second-order valence-corrected chi connectivity index (χ2v) is 9.80. The van der Waals surface area contributed by atoms with Crippen molar-refractivity contribution >= 4 is 33.2 Å². The number of benzene rings is 2. The molecule has 0 unspecified atom stereocenters. The summed E-state index contributed by atoms with van der Waals surface area (Å²) in [6.07, 6.45) is 0. The van der Waals surface area contributed by atoms with Crippen LogP contribution in [0, 0.1) is 0 Å². The number of amides is 1. The van der Waals surface area contributed by atoms with Crippen LogP contribution in [0.3, 0.4) is 0 Å². The van der Waals surface area contributed by atoms with E-state index in [1.54, 1.807) is 12.0 Å². The van der Waals surface area contributed by atoms with Gasteiger partial charge in [0.05, 0.1) is 30.2 Å². The van der Waals surface area contributed by atoms with Gasteiger partial charge < -0.3 is 19.3 Å². The molecule has 0 N–H and O–H groups in total. The van der Waals surface area contributed by atoms with E-state index in [2.05, 4.69) is 4.90 Å². The minimum Gasteiger partial charge on any atom is -0.497 e. The molecule has 0 aliphatic carbocycles. The summed E-state index contributed by atoms with van der Waals surface area (Å²) in [6, 6.07) is 12.1. The van der Waals surface area contributed by atoms with Crippen molar-refractivity contribution in [2.24, 2.45) is 0 Å². The second-order valence-electron chi connectivity index (χ2n) is 7.35. The highest BCUT2D eigenvalue weighted by Crippen LogP contribution is 2.28. The van der Waals surface area contributed by atoms with Gasteiger partial charge in [0.15, 0.2) is 0 Å². The van der Waals surface area contributed by atoms with E-state index in [4.69, 9.17) is 21.1 Å². The summed E-state index contributed by atoms with van der Waals surface area (Å²) >= 11 is 6.13. The van der Waals surface area contributed by atoms with Crippen LogP contribution >= 0.6 is 11.6 Å². The Morgan fingerprint density at radius 3 is 2.31 bits per heavy atom. The molecule has 0 spiro atoms. The van der Waals surface area contributed by atoms with Crippen LogP contribution in [0.1, 0.15) is 6.92 Å². The zero-order chi connectivity index (χ0) is 23.3. The number of anilines is 1. The highest BCUT2D eigenvalue weighted by Gasteiger charge is 2.28. The maximum atomic E-state index is 12.9. The fraction of sp³-hybridized carbons (Fsp3) is 0.409. The number of ether oxygens (including phenoxy) is 2. The van der Waals surface area contributed by atoms with Crippen molar-refractivity contribution in [1.82, 2.24) is 9.21 Å². The number of halogens is 1. The Hall–Kier alpha value is -2.49. The third kappa shape index (κ3) is 5.46. The second kappa shape index (κ2) is 10.4. The first-order valence-corrected chi connectivity index (χ1v) is 12.1. The van der Waals surface area contributed by atoms with Crippen LogP contribution in [0.2, 0.25) is 5.02 Å². The molecule has 0 saturated carbocycles. The predicted molar refractivity (Wildman–Crippen MR) is 124 cm³/mol. The Bertz CT molecular complexity index is 1040. The highest BCUT2D eigenvalue weighted by atomic mass is 35.5. The third-order valence-corrected chi connectivity index (χ3v) is 7.43. The molecule has 1 aliphatic heterocycles. The summed E-state index contributed by atoms with van der Waals surface area (Å²) in [5, 5.41) is 0.210. The van der Waals surface area contributed by atoms with Gasteiger partial charge >= 0.3 is 0 Å². The lowest BCUT2D eigenvalue weighted by Crippen LogP contribution is -2.51. The maximum absolute atomic E-state index is 12.9. The first-order valence-electron chi connectivity index (χ1n) is 10.3. The van der Waals surface area contributed by atoms with Crippen LogP contribution in [0.25, 0.3) is 0 Å². The third-order valence-electron chi connectivity index (χ3n) is 5.34. The first kappa shape index (κ1) is 24.2. The minimum absolute atomic E-state index is 0.0191. The number of nitrogens with zero attached hydrogens (tertiary/aromatic N) is 3. The van der Waals surface area contributed by atoms with Crippen molar-refractivity contribution in [3.05, 3.63) is 47.5 Å². The molecule has 1 amide bonds. The van der Waals surface area contributed by atoms with Crippen LogP contribution in [0.4, 0.5) is 5.69 Å². The van der Waals surface area contributed by atoms with E-state index in [1.165, 1.54) is 25.2 Å². The average Bonchev–Trinajstić information content (AvgIpc) is 2.80. The summed E-state index contributed by atoms with van der Waals surface area (Å²) < 4.78 is 37.4. The summed E-state index contributed by atoms with van der Waals surface area (Å²) in [6.45, 7) is 4.38. The molecule has 0 radical (unpaired) electrons. The van der Waals surface area contributed by atoms with Crippen LogP contribution in [-0.4, -0.2) is 77.0 Å². The van der Waals surface area contributed by atoms with Crippen molar-refractivity contribution < 1.29 is 22.7 Å². The molecule has 0 atom stereocenters. The smallest absolute Gasteiger partial charge is 0.243 e. The van der Waals surface area contributed by atoms with Crippen LogP contribution in [0.5, 0.6) is 11.5 Å². The predicted octanol–water partition coefficient (Wildman–Crippen LogP) is 2.72. The Labute approximate surface area is 194 Å². The minimum atomic E-state index is -3.86. The molecular weight excluding hydrogens is 454 g/mol. The molecule has 0 aromatic heterocycles. The topological polar surface area (TPSA) is 79.4 Å². The zero-order valence-corrected chi connectivity index (χ0v) is 20.0.